The summed E-state index contributed by atoms with van der Waals surface area (Å²) in [5.74, 6) is 0.0156. The molecule has 0 aliphatic carbocycles. The molecule has 0 saturated carbocycles. The Kier molecular flexibility index (Phi) is 6.13. The molecule has 0 bridgehead atoms. The minimum absolute atomic E-state index is 0.170. The summed E-state index contributed by atoms with van der Waals surface area (Å²) < 4.78 is 15.9. The number of fused-ring (bicyclic) bond motifs is 1. The molecule has 1 aromatic heterocycles. The fourth-order valence-electron chi connectivity index (χ4n) is 2.67. The Morgan fingerprint density at radius 3 is 2.34 bits per heavy atom. The number of aromatic carboxylic acids is 1. The molecule has 0 fully saturated rings. The highest BCUT2D eigenvalue weighted by atomic mass is 16.5. The number of rotatable bonds is 8. The van der Waals surface area contributed by atoms with Crippen LogP contribution < -0.4 is 19.5 Å². The Morgan fingerprint density at radius 1 is 1.00 bits per heavy atom. The van der Waals surface area contributed by atoms with Crippen molar-refractivity contribution < 1.29 is 28.9 Å². The fraction of sp³-hybridized carbons (Fsp3) is 0.190. The van der Waals surface area contributed by atoms with Gasteiger partial charge in [0.1, 0.15) is 17.2 Å². The number of ether oxygens (including phenoxy) is 3. The van der Waals surface area contributed by atoms with Gasteiger partial charge < -0.3 is 24.6 Å². The number of carboxylic acids is 1. The molecule has 8 heteroatoms. The lowest BCUT2D eigenvalue weighted by Gasteiger charge is -2.12. The molecular formula is C21H20N2O6. The Bertz CT molecular complexity index is 1030. The van der Waals surface area contributed by atoms with Crippen LogP contribution in [-0.2, 0) is 11.3 Å². The van der Waals surface area contributed by atoms with Gasteiger partial charge in [0.05, 0.1) is 19.7 Å². The predicted molar refractivity (Wildman–Crippen MR) is 106 cm³/mol. The number of carbonyl (C=O) groups is 2. The van der Waals surface area contributed by atoms with Gasteiger partial charge in [0, 0.05) is 18.0 Å². The maximum absolute atomic E-state index is 12.2. The lowest BCUT2D eigenvalue weighted by Crippen LogP contribution is -2.28. The molecular weight excluding hydrogens is 376 g/mol. The van der Waals surface area contributed by atoms with E-state index in [1.54, 1.807) is 25.3 Å². The van der Waals surface area contributed by atoms with Crippen molar-refractivity contribution in [2.24, 2.45) is 0 Å². The normalized spacial score (nSPS) is 10.4. The lowest BCUT2D eigenvalue weighted by molar-refractivity contribution is -0.123. The summed E-state index contributed by atoms with van der Waals surface area (Å²) in [6.07, 6.45) is 0. The van der Waals surface area contributed by atoms with Gasteiger partial charge in [-0.05, 0) is 35.9 Å². The summed E-state index contributed by atoms with van der Waals surface area (Å²) in [4.78, 5) is 27.6. The number of carbonyl (C=O) groups excluding carboxylic acids is 1. The first kappa shape index (κ1) is 19.9. The molecule has 2 N–H and O–H groups in total. The van der Waals surface area contributed by atoms with E-state index in [2.05, 4.69) is 10.3 Å². The second-order valence-electron chi connectivity index (χ2n) is 6.11. The highest BCUT2D eigenvalue weighted by Gasteiger charge is 2.14. The number of methoxy groups -OCH3 is 2. The third kappa shape index (κ3) is 4.92. The van der Waals surface area contributed by atoms with E-state index in [-0.39, 0.29) is 24.0 Å². The highest BCUT2D eigenvalue weighted by Crippen LogP contribution is 2.29. The van der Waals surface area contributed by atoms with Crippen LogP contribution in [0.15, 0.2) is 48.5 Å². The van der Waals surface area contributed by atoms with Gasteiger partial charge in [0.2, 0.25) is 0 Å². The van der Waals surface area contributed by atoms with Gasteiger partial charge in [-0.2, -0.15) is 0 Å². The summed E-state index contributed by atoms with van der Waals surface area (Å²) in [6.45, 7) is 0.0585. The second-order valence-corrected chi connectivity index (χ2v) is 6.11. The van der Waals surface area contributed by atoms with Gasteiger partial charge in [-0.3, -0.25) is 4.79 Å². The van der Waals surface area contributed by atoms with Crippen molar-refractivity contribution in [3.05, 3.63) is 59.8 Å². The maximum Gasteiger partial charge on any atom is 0.354 e. The van der Waals surface area contributed by atoms with Gasteiger partial charge in [-0.15, -0.1) is 0 Å². The molecule has 2 aromatic carbocycles. The zero-order valence-corrected chi connectivity index (χ0v) is 16.0. The molecule has 3 aromatic rings. The first-order chi connectivity index (χ1) is 14.0. The number of nitrogens with zero attached hydrogens (tertiary/aromatic N) is 1. The summed E-state index contributed by atoms with van der Waals surface area (Å²) >= 11 is 0. The van der Waals surface area contributed by atoms with Gasteiger partial charge in [-0.25, -0.2) is 9.78 Å². The smallest absolute Gasteiger partial charge is 0.354 e. The Labute approximate surface area is 167 Å². The number of pyridine rings is 1. The van der Waals surface area contributed by atoms with Crippen molar-refractivity contribution in [3.63, 3.8) is 0 Å². The topological polar surface area (TPSA) is 107 Å². The van der Waals surface area contributed by atoms with Crippen LogP contribution >= 0.6 is 0 Å². The minimum Gasteiger partial charge on any atom is -0.497 e. The Morgan fingerprint density at radius 2 is 1.69 bits per heavy atom. The summed E-state index contributed by atoms with van der Waals surface area (Å²) in [5.41, 5.74) is 1.17. The number of aromatic nitrogens is 1. The van der Waals surface area contributed by atoms with E-state index < -0.39 is 5.97 Å². The first-order valence-electron chi connectivity index (χ1n) is 8.74. The summed E-state index contributed by atoms with van der Waals surface area (Å²) in [6, 6.07) is 13.6. The van der Waals surface area contributed by atoms with E-state index in [4.69, 9.17) is 14.2 Å². The number of amides is 1. The molecule has 3 rings (SSSR count). The van der Waals surface area contributed by atoms with E-state index >= 15 is 0 Å². The average Bonchev–Trinajstić information content (AvgIpc) is 2.75. The van der Waals surface area contributed by atoms with E-state index in [0.717, 1.165) is 11.3 Å². The SMILES string of the molecule is COc1ccc(CNC(=O)COc2cc(C(=O)O)nc3ccc(OC)cc23)cc1. The zero-order valence-electron chi connectivity index (χ0n) is 16.0. The molecule has 29 heavy (non-hydrogen) atoms. The molecule has 0 aliphatic rings. The number of carboxylic acid groups (broad SMARTS) is 1. The van der Waals surface area contributed by atoms with Gasteiger partial charge in [-0.1, -0.05) is 12.1 Å². The molecule has 1 heterocycles. The van der Waals surface area contributed by atoms with Crippen molar-refractivity contribution >= 4 is 22.8 Å². The Balaban J connectivity index is 1.70. The van der Waals surface area contributed by atoms with Crippen molar-refractivity contribution in [1.29, 1.82) is 0 Å². The third-order valence-electron chi connectivity index (χ3n) is 4.20. The number of hydrogen-bond acceptors (Lipinski definition) is 6. The van der Waals surface area contributed by atoms with Crippen molar-refractivity contribution in [1.82, 2.24) is 10.3 Å². The molecule has 1 amide bonds. The molecule has 150 valence electrons. The fourth-order valence-corrected chi connectivity index (χ4v) is 2.67. The lowest BCUT2D eigenvalue weighted by atomic mass is 10.1. The maximum atomic E-state index is 12.2. The predicted octanol–water partition coefficient (Wildman–Crippen LogP) is 2.65. The van der Waals surface area contributed by atoms with Gasteiger partial charge in [0.25, 0.3) is 5.91 Å². The molecule has 0 spiro atoms. The highest BCUT2D eigenvalue weighted by molar-refractivity contribution is 5.94. The molecule has 0 unspecified atom stereocenters. The molecule has 0 radical (unpaired) electrons. The molecule has 0 atom stereocenters. The van der Waals surface area contributed by atoms with Crippen LogP contribution in [0.25, 0.3) is 10.9 Å². The van der Waals surface area contributed by atoms with Crippen molar-refractivity contribution in [3.8, 4) is 17.2 Å². The van der Waals surface area contributed by atoms with E-state index in [1.165, 1.54) is 13.2 Å². The standard InChI is InChI=1S/C21H20N2O6/c1-27-14-5-3-13(4-6-14)11-22-20(24)12-29-19-10-18(21(25)26)23-17-8-7-15(28-2)9-16(17)19/h3-10H,11-12H2,1-2H3,(H,22,24)(H,25,26). The second kappa shape index (κ2) is 8.92. The number of hydrogen-bond donors (Lipinski definition) is 2. The van der Waals surface area contributed by atoms with E-state index in [1.807, 2.05) is 24.3 Å². The van der Waals surface area contributed by atoms with E-state index in [9.17, 15) is 14.7 Å². The van der Waals surface area contributed by atoms with Crippen LogP contribution in [0.1, 0.15) is 16.1 Å². The van der Waals surface area contributed by atoms with Crippen LogP contribution in [0.2, 0.25) is 0 Å². The number of benzene rings is 2. The average molecular weight is 396 g/mol. The van der Waals surface area contributed by atoms with E-state index in [0.29, 0.717) is 23.2 Å². The monoisotopic (exact) mass is 396 g/mol. The van der Waals surface area contributed by atoms with Crippen molar-refractivity contribution in [2.45, 2.75) is 6.54 Å². The van der Waals surface area contributed by atoms with Gasteiger partial charge in [0.15, 0.2) is 12.3 Å². The third-order valence-corrected chi connectivity index (χ3v) is 4.20. The Hall–Kier alpha value is -3.81. The van der Waals surface area contributed by atoms with Crippen molar-refractivity contribution in [2.75, 3.05) is 20.8 Å². The summed E-state index contributed by atoms with van der Waals surface area (Å²) in [7, 11) is 3.11. The largest absolute Gasteiger partial charge is 0.497 e. The molecule has 0 aliphatic heterocycles. The van der Waals surface area contributed by atoms with Crippen LogP contribution in [0.3, 0.4) is 0 Å². The quantitative estimate of drug-likeness (QED) is 0.603. The molecule has 8 nitrogen and oxygen atoms in total. The first-order valence-corrected chi connectivity index (χ1v) is 8.74. The van der Waals surface area contributed by atoms with Gasteiger partial charge >= 0.3 is 5.97 Å². The summed E-state index contributed by atoms with van der Waals surface area (Å²) in [5, 5.41) is 12.6. The van der Waals surface area contributed by atoms with Crippen LogP contribution in [0.4, 0.5) is 0 Å². The molecule has 0 saturated heterocycles. The van der Waals surface area contributed by atoms with Crippen LogP contribution in [0, 0.1) is 0 Å². The zero-order chi connectivity index (χ0) is 20.8. The van der Waals surface area contributed by atoms with Crippen LogP contribution in [0.5, 0.6) is 17.2 Å². The minimum atomic E-state index is -1.18. The number of nitrogens with one attached hydrogen (secondary N) is 1. The van der Waals surface area contributed by atoms with Crippen LogP contribution in [-0.4, -0.2) is 42.8 Å².